The molecule has 2 aromatic carbocycles. The number of nitrogens with one attached hydrogen (secondary N) is 1. The molecule has 0 aliphatic carbocycles. The number of anilines is 1. The summed E-state index contributed by atoms with van der Waals surface area (Å²) in [6.45, 7) is 1.97. The molecule has 0 saturated heterocycles. The van der Waals surface area contributed by atoms with E-state index in [0.717, 1.165) is 5.56 Å². The Morgan fingerprint density at radius 2 is 1.57 bits per heavy atom. The van der Waals surface area contributed by atoms with Gasteiger partial charge < -0.3 is 5.32 Å². The van der Waals surface area contributed by atoms with Gasteiger partial charge in [-0.2, -0.15) is 0 Å². The number of amides is 1. The maximum absolute atomic E-state index is 12.8. The third kappa shape index (κ3) is 4.53. The third-order valence-corrected chi connectivity index (χ3v) is 3.08. The van der Waals surface area contributed by atoms with Gasteiger partial charge in [0.05, 0.1) is 0 Å². The minimum Gasteiger partial charge on any atom is -0.326 e. The minimum absolute atomic E-state index is 0.101. The molecule has 0 aliphatic heterocycles. The van der Waals surface area contributed by atoms with Crippen molar-refractivity contribution in [1.29, 1.82) is 0 Å². The standard InChI is InChI=1S/C17H16FNO2/c1-12-2-8-15(9-3-12)19-17(21)11-10-16(20)13-4-6-14(18)7-5-13/h2-9H,10-11H2,1H3,(H,19,21). The average Bonchev–Trinajstić information content (AvgIpc) is 2.48. The molecule has 0 saturated carbocycles. The minimum atomic E-state index is -0.385. The molecule has 0 bridgehead atoms. The summed E-state index contributed by atoms with van der Waals surface area (Å²) < 4.78 is 12.8. The Morgan fingerprint density at radius 3 is 2.19 bits per heavy atom. The van der Waals surface area contributed by atoms with Crippen LogP contribution in [0, 0.1) is 12.7 Å². The van der Waals surface area contributed by atoms with Crippen LogP contribution in [0.1, 0.15) is 28.8 Å². The van der Waals surface area contributed by atoms with E-state index in [0.29, 0.717) is 11.3 Å². The Morgan fingerprint density at radius 1 is 0.952 bits per heavy atom. The van der Waals surface area contributed by atoms with Crippen LogP contribution in [0.25, 0.3) is 0 Å². The summed E-state index contributed by atoms with van der Waals surface area (Å²) in [7, 11) is 0. The molecule has 108 valence electrons. The van der Waals surface area contributed by atoms with Crippen molar-refractivity contribution < 1.29 is 14.0 Å². The van der Waals surface area contributed by atoms with Crippen molar-refractivity contribution in [3.05, 3.63) is 65.5 Å². The van der Waals surface area contributed by atoms with E-state index in [2.05, 4.69) is 5.32 Å². The number of carbonyl (C=O) groups is 2. The second kappa shape index (κ2) is 6.79. The number of Topliss-reactive ketones (excluding diaryl/α,β-unsaturated/α-hetero) is 1. The van der Waals surface area contributed by atoms with Gasteiger partial charge in [0, 0.05) is 24.1 Å². The molecule has 0 aromatic heterocycles. The Bertz CT molecular complexity index is 633. The van der Waals surface area contributed by atoms with Crippen LogP contribution in [0.15, 0.2) is 48.5 Å². The van der Waals surface area contributed by atoms with Gasteiger partial charge in [0.1, 0.15) is 5.82 Å². The van der Waals surface area contributed by atoms with Gasteiger partial charge in [0.2, 0.25) is 5.91 Å². The molecule has 1 amide bonds. The van der Waals surface area contributed by atoms with Crippen LogP contribution in [0.3, 0.4) is 0 Å². The van der Waals surface area contributed by atoms with Gasteiger partial charge in [-0.3, -0.25) is 9.59 Å². The van der Waals surface area contributed by atoms with Crippen molar-refractivity contribution >= 4 is 17.4 Å². The lowest BCUT2D eigenvalue weighted by atomic mass is 10.1. The third-order valence-electron chi connectivity index (χ3n) is 3.08. The second-order valence-corrected chi connectivity index (χ2v) is 4.84. The van der Waals surface area contributed by atoms with E-state index in [-0.39, 0.29) is 30.3 Å². The summed E-state index contributed by atoms with van der Waals surface area (Å²) in [5.74, 6) is -0.771. The van der Waals surface area contributed by atoms with Gasteiger partial charge >= 0.3 is 0 Å². The normalized spacial score (nSPS) is 10.2. The largest absolute Gasteiger partial charge is 0.326 e. The molecule has 0 atom stereocenters. The SMILES string of the molecule is Cc1ccc(NC(=O)CCC(=O)c2ccc(F)cc2)cc1. The van der Waals surface area contributed by atoms with Crippen LogP contribution in [-0.2, 0) is 4.79 Å². The van der Waals surface area contributed by atoms with Crippen molar-refractivity contribution in [1.82, 2.24) is 0 Å². The predicted octanol–water partition coefficient (Wildman–Crippen LogP) is 3.74. The second-order valence-electron chi connectivity index (χ2n) is 4.84. The van der Waals surface area contributed by atoms with E-state index < -0.39 is 0 Å². The number of halogens is 1. The topological polar surface area (TPSA) is 46.2 Å². The molecular formula is C17H16FNO2. The first-order valence-corrected chi connectivity index (χ1v) is 6.70. The van der Waals surface area contributed by atoms with Gasteiger partial charge in [-0.05, 0) is 43.3 Å². The first-order chi connectivity index (χ1) is 10.0. The molecule has 1 N–H and O–H groups in total. The molecule has 0 heterocycles. The van der Waals surface area contributed by atoms with Crippen molar-refractivity contribution in [2.45, 2.75) is 19.8 Å². The molecule has 4 heteroatoms. The Balaban J connectivity index is 1.84. The summed E-state index contributed by atoms with van der Waals surface area (Å²) in [6, 6.07) is 12.8. The molecule has 0 radical (unpaired) electrons. The zero-order valence-corrected chi connectivity index (χ0v) is 11.7. The number of aryl methyl sites for hydroxylation is 1. The van der Waals surface area contributed by atoms with Crippen molar-refractivity contribution in [3.8, 4) is 0 Å². The van der Waals surface area contributed by atoms with E-state index in [1.165, 1.54) is 24.3 Å². The number of carbonyl (C=O) groups excluding carboxylic acids is 2. The fourth-order valence-corrected chi connectivity index (χ4v) is 1.87. The van der Waals surface area contributed by atoms with Crippen LogP contribution < -0.4 is 5.32 Å². The highest BCUT2D eigenvalue weighted by atomic mass is 19.1. The highest BCUT2D eigenvalue weighted by molar-refractivity contribution is 5.99. The van der Waals surface area contributed by atoms with E-state index in [4.69, 9.17) is 0 Å². The highest BCUT2D eigenvalue weighted by Crippen LogP contribution is 2.11. The summed E-state index contributed by atoms with van der Waals surface area (Å²) in [5.41, 5.74) is 2.24. The lowest BCUT2D eigenvalue weighted by Crippen LogP contribution is -2.13. The van der Waals surface area contributed by atoms with Crippen molar-refractivity contribution in [3.63, 3.8) is 0 Å². The zero-order chi connectivity index (χ0) is 15.2. The Kier molecular flexibility index (Phi) is 4.82. The van der Waals surface area contributed by atoms with Crippen LogP contribution in [0.5, 0.6) is 0 Å². The number of hydrogen-bond donors (Lipinski definition) is 1. The molecule has 3 nitrogen and oxygen atoms in total. The Hall–Kier alpha value is -2.49. The highest BCUT2D eigenvalue weighted by Gasteiger charge is 2.09. The monoisotopic (exact) mass is 285 g/mol. The van der Waals surface area contributed by atoms with E-state index in [1.807, 2.05) is 31.2 Å². The number of rotatable bonds is 5. The molecular weight excluding hydrogens is 269 g/mol. The number of hydrogen-bond acceptors (Lipinski definition) is 2. The number of benzene rings is 2. The molecule has 2 rings (SSSR count). The van der Waals surface area contributed by atoms with Crippen molar-refractivity contribution in [2.24, 2.45) is 0 Å². The summed E-state index contributed by atoms with van der Waals surface area (Å²) in [5, 5.41) is 2.73. The molecule has 2 aromatic rings. The van der Waals surface area contributed by atoms with Crippen LogP contribution >= 0.6 is 0 Å². The average molecular weight is 285 g/mol. The van der Waals surface area contributed by atoms with Crippen LogP contribution in [0.2, 0.25) is 0 Å². The lowest BCUT2D eigenvalue weighted by Gasteiger charge is -2.05. The van der Waals surface area contributed by atoms with E-state index >= 15 is 0 Å². The van der Waals surface area contributed by atoms with Gasteiger partial charge in [-0.25, -0.2) is 4.39 Å². The fourth-order valence-electron chi connectivity index (χ4n) is 1.87. The van der Waals surface area contributed by atoms with Gasteiger partial charge in [-0.15, -0.1) is 0 Å². The zero-order valence-electron chi connectivity index (χ0n) is 11.7. The smallest absolute Gasteiger partial charge is 0.224 e. The van der Waals surface area contributed by atoms with Crippen LogP contribution in [0.4, 0.5) is 10.1 Å². The molecule has 0 fully saturated rings. The Labute approximate surface area is 122 Å². The quantitative estimate of drug-likeness (QED) is 0.851. The van der Waals surface area contributed by atoms with Gasteiger partial charge in [0.15, 0.2) is 5.78 Å². The number of ketones is 1. The molecule has 0 aliphatic rings. The summed E-state index contributed by atoms with van der Waals surface area (Å²) in [6.07, 6.45) is 0.202. The van der Waals surface area contributed by atoms with Crippen LogP contribution in [-0.4, -0.2) is 11.7 Å². The summed E-state index contributed by atoms with van der Waals surface area (Å²) >= 11 is 0. The fraction of sp³-hybridized carbons (Fsp3) is 0.176. The van der Waals surface area contributed by atoms with E-state index in [9.17, 15) is 14.0 Å². The predicted molar refractivity (Wildman–Crippen MR) is 79.8 cm³/mol. The maximum Gasteiger partial charge on any atom is 0.224 e. The lowest BCUT2D eigenvalue weighted by molar-refractivity contribution is -0.116. The first-order valence-electron chi connectivity index (χ1n) is 6.70. The van der Waals surface area contributed by atoms with Gasteiger partial charge in [0.25, 0.3) is 0 Å². The van der Waals surface area contributed by atoms with E-state index in [1.54, 1.807) is 0 Å². The van der Waals surface area contributed by atoms with Gasteiger partial charge in [-0.1, -0.05) is 17.7 Å². The van der Waals surface area contributed by atoms with Crippen molar-refractivity contribution in [2.75, 3.05) is 5.32 Å². The molecule has 21 heavy (non-hydrogen) atoms. The maximum atomic E-state index is 12.8. The summed E-state index contributed by atoms with van der Waals surface area (Å²) in [4.78, 5) is 23.6. The first kappa shape index (κ1) is 14.9. The molecule has 0 unspecified atom stereocenters. The molecule has 0 spiro atoms.